The summed E-state index contributed by atoms with van der Waals surface area (Å²) in [6.45, 7) is 0. The second-order valence-electron chi connectivity index (χ2n) is 12.0. The van der Waals surface area contributed by atoms with Crippen LogP contribution in [0.2, 0.25) is 0 Å². The average molecular weight is 606 g/mol. The van der Waals surface area contributed by atoms with Crippen LogP contribution in [-0.4, -0.2) is 4.57 Å². The number of nitrogens with zero attached hydrogens (tertiary/aromatic N) is 1. The Balaban J connectivity index is 1.35. The molecule has 3 aromatic heterocycles. The molecule has 0 amide bonds. The van der Waals surface area contributed by atoms with Crippen LogP contribution in [-0.2, 0) is 0 Å². The molecule has 0 atom stereocenters. The molecule has 0 radical (unpaired) electrons. The zero-order valence-corrected chi connectivity index (χ0v) is 25.7. The van der Waals surface area contributed by atoms with Gasteiger partial charge in [0.15, 0.2) is 0 Å². The summed E-state index contributed by atoms with van der Waals surface area (Å²) in [7, 11) is 0. The van der Waals surface area contributed by atoms with Crippen molar-refractivity contribution in [2.45, 2.75) is 0 Å². The summed E-state index contributed by atoms with van der Waals surface area (Å²) in [5.41, 5.74) is 3.74. The van der Waals surface area contributed by atoms with Crippen LogP contribution in [0.25, 0.3) is 100 Å². The molecule has 0 aliphatic carbocycles. The zero-order valence-electron chi connectivity index (χ0n) is 24.0. The van der Waals surface area contributed by atoms with Crippen LogP contribution < -0.4 is 0 Å². The largest absolute Gasteiger partial charge is 0.308 e. The maximum Gasteiger partial charge on any atom is 0.0640 e. The number of fused-ring (bicyclic) bond motifs is 16. The van der Waals surface area contributed by atoms with Crippen molar-refractivity contribution in [1.82, 2.24) is 4.57 Å². The van der Waals surface area contributed by atoms with Crippen LogP contribution >= 0.6 is 22.7 Å². The van der Waals surface area contributed by atoms with Crippen LogP contribution in [0.3, 0.4) is 0 Å². The minimum absolute atomic E-state index is 1.24. The Morgan fingerprint density at radius 3 is 1.69 bits per heavy atom. The first-order valence-electron chi connectivity index (χ1n) is 15.4. The van der Waals surface area contributed by atoms with Crippen molar-refractivity contribution in [2.75, 3.05) is 0 Å². The van der Waals surface area contributed by atoms with Crippen molar-refractivity contribution in [3.63, 3.8) is 0 Å². The van der Waals surface area contributed by atoms with Gasteiger partial charge in [-0.3, -0.25) is 0 Å². The van der Waals surface area contributed by atoms with Crippen molar-refractivity contribution in [1.29, 1.82) is 0 Å². The Labute approximate surface area is 265 Å². The second-order valence-corrected chi connectivity index (χ2v) is 14.1. The van der Waals surface area contributed by atoms with Gasteiger partial charge in [0.2, 0.25) is 0 Å². The summed E-state index contributed by atoms with van der Waals surface area (Å²) in [4.78, 5) is 0. The first kappa shape index (κ1) is 24.1. The number of hydrogen-bond acceptors (Lipinski definition) is 2. The lowest BCUT2D eigenvalue weighted by Crippen LogP contribution is -1.94. The van der Waals surface area contributed by atoms with E-state index in [-0.39, 0.29) is 0 Å². The van der Waals surface area contributed by atoms with E-state index in [0.29, 0.717) is 0 Å². The predicted molar refractivity (Wildman–Crippen MR) is 199 cm³/mol. The molecule has 0 aliphatic heterocycles. The molecule has 1 nitrogen and oxygen atoms in total. The van der Waals surface area contributed by atoms with Crippen LogP contribution in [0.5, 0.6) is 0 Å². The van der Waals surface area contributed by atoms with Gasteiger partial charge in [-0.15, -0.1) is 22.7 Å². The molecule has 0 spiro atoms. The molecule has 45 heavy (non-hydrogen) atoms. The van der Waals surface area contributed by atoms with Gasteiger partial charge in [-0.25, -0.2) is 0 Å². The van der Waals surface area contributed by atoms with E-state index < -0.39 is 0 Å². The topological polar surface area (TPSA) is 4.93 Å². The molecule has 0 saturated heterocycles. The minimum atomic E-state index is 1.24. The van der Waals surface area contributed by atoms with Crippen molar-refractivity contribution in [3.05, 3.63) is 140 Å². The van der Waals surface area contributed by atoms with E-state index in [1.54, 1.807) is 0 Å². The Bertz CT molecular complexity index is 3040. The SMILES string of the molecule is c1ccc2c(c1)sc1c(-n3c4ccccc4c4cc5c6ccccc6c6c(ccc7c8ccccc8sc76)c5cc43)cccc12. The van der Waals surface area contributed by atoms with Crippen LogP contribution in [0, 0.1) is 0 Å². The number of aromatic nitrogens is 1. The van der Waals surface area contributed by atoms with E-state index in [0.717, 1.165) is 0 Å². The van der Waals surface area contributed by atoms with Crippen molar-refractivity contribution >= 4 is 117 Å². The first-order valence-corrected chi connectivity index (χ1v) is 17.0. The fraction of sp³-hybridized carbons (Fsp3) is 0. The maximum absolute atomic E-state index is 2.51. The standard InChI is InChI=1S/C42H23NS2/c1-2-14-28-24(10-1)32-22-34-25-11-3-6-16-35(25)43(36-17-9-15-30-26-12-4-7-18-38(26)44-41(30)36)37(34)23-33(32)29-20-21-31-27-13-5-8-19-39(27)45-42(31)40(28)29/h1-23H. The number of para-hydroxylation sites is 1. The molecular formula is C42H23NS2. The highest BCUT2D eigenvalue weighted by Gasteiger charge is 2.20. The van der Waals surface area contributed by atoms with Gasteiger partial charge in [0.25, 0.3) is 0 Å². The molecule has 208 valence electrons. The van der Waals surface area contributed by atoms with Gasteiger partial charge in [0.1, 0.15) is 0 Å². The third-order valence-electron chi connectivity index (χ3n) is 9.76. The van der Waals surface area contributed by atoms with Crippen LogP contribution in [0.1, 0.15) is 0 Å². The second kappa shape index (κ2) is 8.70. The Hall–Kier alpha value is -5.22. The average Bonchev–Trinajstić information content (AvgIpc) is 3.77. The molecule has 0 N–H and O–H groups in total. The summed E-state index contributed by atoms with van der Waals surface area (Å²) in [6, 6.07) is 52.0. The van der Waals surface area contributed by atoms with Crippen molar-refractivity contribution < 1.29 is 0 Å². The zero-order chi connectivity index (χ0) is 29.2. The Morgan fingerprint density at radius 1 is 0.333 bits per heavy atom. The quantitative estimate of drug-likeness (QED) is 0.164. The van der Waals surface area contributed by atoms with Gasteiger partial charge in [-0.1, -0.05) is 103 Å². The number of rotatable bonds is 1. The summed E-state index contributed by atoms with van der Waals surface area (Å²) >= 11 is 3.82. The highest BCUT2D eigenvalue weighted by atomic mass is 32.1. The fourth-order valence-electron chi connectivity index (χ4n) is 7.85. The van der Waals surface area contributed by atoms with E-state index in [2.05, 4.69) is 144 Å². The molecule has 0 bridgehead atoms. The van der Waals surface area contributed by atoms with Gasteiger partial charge in [0, 0.05) is 51.8 Å². The van der Waals surface area contributed by atoms with Gasteiger partial charge in [-0.05, 0) is 63.3 Å². The normalized spacial score (nSPS) is 12.4. The maximum atomic E-state index is 2.51. The smallest absolute Gasteiger partial charge is 0.0640 e. The van der Waals surface area contributed by atoms with Gasteiger partial charge in [0.05, 0.1) is 21.4 Å². The monoisotopic (exact) mass is 605 g/mol. The van der Waals surface area contributed by atoms with Crippen molar-refractivity contribution in [2.24, 2.45) is 0 Å². The Kier molecular flexibility index (Phi) is 4.67. The van der Waals surface area contributed by atoms with E-state index in [4.69, 9.17) is 0 Å². The third kappa shape index (κ3) is 3.11. The minimum Gasteiger partial charge on any atom is -0.308 e. The lowest BCUT2D eigenvalue weighted by Gasteiger charge is -2.13. The molecule has 11 rings (SSSR count). The predicted octanol–water partition coefficient (Wildman–Crippen LogP) is 13.0. The molecule has 0 unspecified atom stereocenters. The molecule has 8 aromatic carbocycles. The van der Waals surface area contributed by atoms with Gasteiger partial charge >= 0.3 is 0 Å². The summed E-state index contributed by atoms with van der Waals surface area (Å²) in [5.74, 6) is 0. The molecule has 3 heterocycles. The third-order valence-corrected chi connectivity index (χ3v) is 12.2. The van der Waals surface area contributed by atoms with Crippen LogP contribution in [0.15, 0.2) is 140 Å². The highest BCUT2D eigenvalue weighted by molar-refractivity contribution is 7.27. The number of benzene rings is 8. The highest BCUT2D eigenvalue weighted by Crippen LogP contribution is 2.47. The lowest BCUT2D eigenvalue weighted by atomic mass is 9.92. The van der Waals surface area contributed by atoms with E-state index in [1.807, 2.05) is 22.7 Å². The number of hydrogen-bond donors (Lipinski definition) is 0. The molecule has 0 aliphatic rings. The van der Waals surface area contributed by atoms with Crippen molar-refractivity contribution in [3.8, 4) is 5.69 Å². The summed E-state index contributed by atoms with van der Waals surface area (Å²) < 4.78 is 7.90. The van der Waals surface area contributed by atoms with Gasteiger partial charge in [-0.2, -0.15) is 0 Å². The van der Waals surface area contributed by atoms with Crippen LogP contribution in [0.4, 0.5) is 0 Å². The lowest BCUT2D eigenvalue weighted by molar-refractivity contribution is 1.20. The number of thiophene rings is 2. The first-order chi connectivity index (χ1) is 22.3. The summed E-state index contributed by atoms with van der Waals surface area (Å²) in [5, 5.41) is 15.9. The molecule has 11 aromatic rings. The van der Waals surface area contributed by atoms with E-state index >= 15 is 0 Å². The fourth-order valence-corrected chi connectivity index (χ4v) is 10.3. The van der Waals surface area contributed by atoms with E-state index in [9.17, 15) is 0 Å². The van der Waals surface area contributed by atoms with E-state index in [1.165, 1.54) is 100 Å². The molecular weight excluding hydrogens is 583 g/mol. The summed E-state index contributed by atoms with van der Waals surface area (Å²) in [6.07, 6.45) is 0. The van der Waals surface area contributed by atoms with Gasteiger partial charge < -0.3 is 4.57 Å². The molecule has 0 saturated carbocycles. The Morgan fingerprint density at radius 2 is 0.889 bits per heavy atom. The molecule has 3 heteroatoms. The molecule has 0 fully saturated rings.